The van der Waals surface area contributed by atoms with E-state index in [4.69, 9.17) is 9.88 Å². The van der Waals surface area contributed by atoms with Crippen molar-refractivity contribution >= 4 is 15.9 Å². The summed E-state index contributed by atoms with van der Waals surface area (Å²) in [7, 11) is -3.71. The fourth-order valence-electron chi connectivity index (χ4n) is 3.42. The van der Waals surface area contributed by atoms with Gasteiger partial charge in [0.1, 0.15) is 6.10 Å². The third-order valence-electron chi connectivity index (χ3n) is 5.21. The van der Waals surface area contributed by atoms with Crippen LogP contribution in [0.2, 0.25) is 0 Å². The Morgan fingerprint density at radius 2 is 1.90 bits per heavy atom. The van der Waals surface area contributed by atoms with Crippen LogP contribution in [-0.4, -0.2) is 35.9 Å². The highest BCUT2D eigenvalue weighted by atomic mass is 32.2. The van der Waals surface area contributed by atoms with E-state index in [0.717, 1.165) is 11.1 Å². The summed E-state index contributed by atoms with van der Waals surface area (Å²) < 4.78 is 30.3. The maximum atomic E-state index is 12.6. The van der Waals surface area contributed by atoms with Gasteiger partial charge in [-0.3, -0.25) is 4.79 Å². The second-order valence-corrected chi connectivity index (χ2v) is 9.03. The number of hydrogen-bond acceptors (Lipinski definition) is 6. The summed E-state index contributed by atoms with van der Waals surface area (Å²) in [6.07, 6.45) is 0.401. The Kier molecular flexibility index (Phi) is 5.86. The molecule has 1 aromatic heterocycles. The zero-order chi connectivity index (χ0) is 22.0. The maximum Gasteiger partial charge on any atom is 0.273 e. The van der Waals surface area contributed by atoms with E-state index in [1.807, 2.05) is 31.2 Å². The Labute approximate surface area is 180 Å². The van der Waals surface area contributed by atoms with E-state index in [2.05, 4.69) is 15.6 Å². The second kappa shape index (κ2) is 8.58. The van der Waals surface area contributed by atoms with Gasteiger partial charge in [0.05, 0.1) is 23.7 Å². The number of benzene rings is 2. The number of fused-ring (bicyclic) bond motifs is 1. The van der Waals surface area contributed by atoms with Gasteiger partial charge < -0.3 is 10.1 Å². The molecule has 10 heteroatoms. The number of rotatable bonds is 6. The molecule has 3 aromatic rings. The van der Waals surface area contributed by atoms with Gasteiger partial charge in [-0.25, -0.2) is 18.2 Å². The molecule has 162 valence electrons. The molecule has 1 unspecified atom stereocenters. The van der Waals surface area contributed by atoms with Gasteiger partial charge in [-0.15, -0.1) is 5.10 Å². The summed E-state index contributed by atoms with van der Waals surface area (Å²) in [4.78, 5) is 12.6. The highest BCUT2D eigenvalue weighted by Gasteiger charge is 2.27. The SMILES string of the molecule is Cc1ccc(C2Cn3nnc(C(=O)NCCc4ccc(S(N)(=O)=O)cc4)c3CO2)cc1. The monoisotopic (exact) mass is 441 g/mol. The van der Waals surface area contributed by atoms with E-state index in [1.54, 1.807) is 16.8 Å². The summed E-state index contributed by atoms with van der Waals surface area (Å²) in [6.45, 7) is 3.15. The Balaban J connectivity index is 1.35. The van der Waals surface area contributed by atoms with Gasteiger partial charge in [0, 0.05) is 6.54 Å². The molecule has 0 saturated heterocycles. The average molecular weight is 442 g/mol. The quantitative estimate of drug-likeness (QED) is 0.596. The van der Waals surface area contributed by atoms with Gasteiger partial charge in [0.15, 0.2) is 5.69 Å². The number of nitrogens with zero attached hydrogens (tertiary/aromatic N) is 3. The maximum absolute atomic E-state index is 12.6. The topological polar surface area (TPSA) is 129 Å². The predicted molar refractivity (Wildman–Crippen MR) is 113 cm³/mol. The number of carbonyl (C=O) groups is 1. The van der Waals surface area contributed by atoms with Gasteiger partial charge in [0.25, 0.3) is 5.91 Å². The summed E-state index contributed by atoms with van der Waals surface area (Å²) >= 11 is 0. The lowest BCUT2D eigenvalue weighted by Crippen LogP contribution is -2.29. The fourth-order valence-corrected chi connectivity index (χ4v) is 3.94. The summed E-state index contributed by atoms with van der Waals surface area (Å²) in [5.41, 5.74) is 4.03. The molecule has 3 N–H and O–H groups in total. The van der Waals surface area contributed by atoms with Crippen molar-refractivity contribution < 1.29 is 17.9 Å². The minimum Gasteiger partial charge on any atom is -0.365 e. The van der Waals surface area contributed by atoms with Crippen molar-refractivity contribution in [2.75, 3.05) is 6.54 Å². The fraction of sp³-hybridized carbons (Fsp3) is 0.286. The number of amides is 1. The van der Waals surface area contributed by atoms with Crippen molar-refractivity contribution in [1.29, 1.82) is 0 Å². The normalized spacial score (nSPS) is 16.0. The number of ether oxygens (including phenoxy) is 1. The highest BCUT2D eigenvalue weighted by molar-refractivity contribution is 7.89. The first kappa shape index (κ1) is 21.2. The van der Waals surface area contributed by atoms with Crippen LogP contribution in [0.1, 0.15) is 39.0 Å². The molecule has 2 heterocycles. The summed E-state index contributed by atoms with van der Waals surface area (Å²) in [6, 6.07) is 14.4. The van der Waals surface area contributed by atoms with Gasteiger partial charge >= 0.3 is 0 Å². The number of nitrogens with two attached hydrogens (primary N) is 1. The van der Waals surface area contributed by atoms with E-state index >= 15 is 0 Å². The zero-order valence-corrected chi connectivity index (χ0v) is 17.8. The number of nitrogens with one attached hydrogen (secondary N) is 1. The molecule has 0 spiro atoms. The van der Waals surface area contributed by atoms with Crippen molar-refractivity contribution in [3.63, 3.8) is 0 Å². The molecule has 4 rings (SSSR count). The second-order valence-electron chi connectivity index (χ2n) is 7.47. The van der Waals surface area contributed by atoms with Gasteiger partial charge in [-0.05, 0) is 36.6 Å². The number of primary sulfonamides is 1. The standard InChI is InChI=1S/C21H23N5O4S/c1-14-2-6-16(7-3-14)19-12-26-18(13-30-19)20(24-25-26)21(27)23-11-10-15-4-8-17(9-5-15)31(22,28)29/h2-9,19H,10-13H2,1H3,(H,23,27)(H2,22,28,29). The van der Waals surface area contributed by atoms with E-state index in [-0.39, 0.29) is 29.2 Å². The van der Waals surface area contributed by atoms with Crippen molar-refractivity contribution in [3.05, 3.63) is 76.6 Å². The molecule has 1 aliphatic heterocycles. The predicted octanol–water partition coefficient (Wildman–Crippen LogP) is 1.48. The molecule has 1 atom stereocenters. The number of aromatic nitrogens is 3. The average Bonchev–Trinajstić information content (AvgIpc) is 3.17. The van der Waals surface area contributed by atoms with E-state index < -0.39 is 10.0 Å². The number of hydrogen-bond donors (Lipinski definition) is 2. The smallest absolute Gasteiger partial charge is 0.273 e. The van der Waals surface area contributed by atoms with Crippen LogP contribution < -0.4 is 10.5 Å². The molecule has 9 nitrogen and oxygen atoms in total. The van der Waals surface area contributed by atoms with Crippen LogP contribution >= 0.6 is 0 Å². The number of sulfonamides is 1. The molecule has 0 fully saturated rings. The molecule has 0 bridgehead atoms. The number of carbonyl (C=O) groups excluding carboxylic acids is 1. The molecule has 31 heavy (non-hydrogen) atoms. The van der Waals surface area contributed by atoms with Crippen LogP contribution in [-0.2, 0) is 34.3 Å². The van der Waals surface area contributed by atoms with Crippen molar-refractivity contribution in [1.82, 2.24) is 20.3 Å². The molecule has 0 saturated carbocycles. The third-order valence-corrected chi connectivity index (χ3v) is 6.14. The first-order chi connectivity index (χ1) is 14.8. The third kappa shape index (κ3) is 4.82. The van der Waals surface area contributed by atoms with Crippen LogP contribution in [0.25, 0.3) is 0 Å². The van der Waals surface area contributed by atoms with Crippen molar-refractivity contribution in [2.24, 2.45) is 5.14 Å². The Hall–Kier alpha value is -3.08. The van der Waals surface area contributed by atoms with E-state index in [1.165, 1.54) is 17.7 Å². The Morgan fingerprint density at radius 3 is 2.58 bits per heavy atom. The van der Waals surface area contributed by atoms with Gasteiger partial charge in [0.2, 0.25) is 10.0 Å². The lowest BCUT2D eigenvalue weighted by Gasteiger charge is -2.24. The minimum absolute atomic E-state index is 0.0555. The molecular formula is C21H23N5O4S. The summed E-state index contributed by atoms with van der Waals surface area (Å²) in [5, 5.41) is 16.1. The molecule has 1 aliphatic rings. The zero-order valence-electron chi connectivity index (χ0n) is 17.0. The van der Waals surface area contributed by atoms with Crippen LogP contribution in [0.3, 0.4) is 0 Å². The van der Waals surface area contributed by atoms with Gasteiger partial charge in [-0.2, -0.15) is 0 Å². The van der Waals surface area contributed by atoms with Crippen LogP contribution in [0.4, 0.5) is 0 Å². The molecular weight excluding hydrogens is 418 g/mol. The van der Waals surface area contributed by atoms with Crippen molar-refractivity contribution in [3.8, 4) is 0 Å². The first-order valence-electron chi connectivity index (χ1n) is 9.82. The first-order valence-corrected chi connectivity index (χ1v) is 11.4. The highest BCUT2D eigenvalue weighted by Crippen LogP contribution is 2.27. The van der Waals surface area contributed by atoms with E-state index in [0.29, 0.717) is 25.2 Å². The minimum atomic E-state index is -3.71. The lowest BCUT2D eigenvalue weighted by molar-refractivity contribution is -0.00177. The van der Waals surface area contributed by atoms with Gasteiger partial charge in [-0.1, -0.05) is 47.2 Å². The summed E-state index contributed by atoms with van der Waals surface area (Å²) in [5.74, 6) is -0.320. The van der Waals surface area contributed by atoms with Crippen LogP contribution in [0.15, 0.2) is 53.4 Å². The molecule has 2 aromatic carbocycles. The molecule has 0 radical (unpaired) electrons. The molecule has 1 amide bonds. The Bertz CT molecular complexity index is 1190. The lowest BCUT2D eigenvalue weighted by atomic mass is 10.1. The van der Waals surface area contributed by atoms with Crippen LogP contribution in [0.5, 0.6) is 0 Å². The Morgan fingerprint density at radius 1 is 1.19 bits per heavy atom. The largest absolute Gasteiger partial charge is 0.365 e. The number of aryl methyl sites for hydroxylation is 1. The van der Waals surface area contributed by atoms with E-state index in [9.17, 15) is 13.2 Å². The molecule has 0 aliphatic carbocycles. The van der Waals surface area contributed by atoms with Crippen LogP contribution in [0, 0.1) is 6.92 Å². The van der Waals surface area contributed by atoms with Crippen molar-refractivity contribution in [2.45, 2.75) is 37.5 Å².